The predicted octanol–water partition coefficient (Wildman–Crippen LogP) is 1.63. The van der Waals surface area contributed by atoms with Gasteiger partial charge in [-0.2, -0.15) is 15.3 Å². The van der Waals surface area contributed by atoms with Gasteiger partial charge in [-0.3, -0.25) is 18.8 Å². The van der Waals surface area contributed by atoms with E-state index in [2.05, 4.69) is 20.6 Å². The molecule has 1 atom stereocenters. The second kappa shape index (κ2) is 5.22. The zero-order valence-electron chi connectivity index (χ0n) is 14.2. The van der Waals surface area contributed by atoms with Crippen molar-refractivity contribution in [2.45, 2.75) is 33.7 Å². The van der Waals surface area contributed by atoms with Crippen molar-refractivity contribution in [3.8, 4) is 0 Å². The number of nitrogens with one attached hydrogen (secondary N) is 1. The van der Waals surface area contributed by atoms with Gasteiger partial charge in [-0.15, -0.1) is 0 Å². The van der Waals surface area contributed by atoms with Crippen LogP contribution in [0.1, 0.15) is 30.0 Å². The molecule has 8 heteroatoms. The Morgan fingerprint density at radius 1 is 1.09 bits per heavy atom. The van der Waals surface area contributed by atoms with E-state index in [0.29, 0.717) is 0 Å². The molecule has 0 spiro atoms. The molecule has 0 aliphatic carbocycles. The molecule has 0 fully saturated rings. The van der Waals surface area contributed by atoms with Crippen LogP contribution in [0.4, 0.5) is 5.69 Å². The van der Waals surface area contributed by atoms with Crippen molar-refractivity contribution in [2.24, 2.45) is 14.1 Å². The van der Waals surface area contributed by atoms with Gasteiger partial charge in [-0.05, 0) is 27.7 Å². The van der Waals surface area contributed by atoms with Crippen LogP contribution in [0.15, 0.2) is 6.20 Å². The molecular formula is C15H21N7O. The van der Waals surface area contributed by atoms with Gasteiger partial charge in [0.15, 0.2) is 0 Å². The number of amides is 1. The average Bonchev–Trinajstić information content (AvgIpc) is 3.11. The van der Waals surface area contributed by atoms with Crippen LogP contribution in [-0.4, -0.2) is 35.2 Å². The van der Waals surface area contributed by atoms with Gasteiger partial charge in [0.25, 0.3) is 0 Å². The highest BCUT2D eigenvalue weighted by Gasteiger charge is 2.21. The Labute approximate surface area is 134 Å². The smallest absolute Gasteiger partial charge is 0.249 e. The summed E-state index contributed by atoms with van der Waals surface area (Å²) in [5, 5.41) is 16.1. The van der Waals surface area contributed by atoms with E-state index in [-0.39, 0.29) is 5.91 Å². The molecule has 122 valence electrons. The van der Waals surface area contributed by atoms with E-state index < -0.39 is 6.04 Å². The molecule has 0 bridgehead atoms. The number of hydrogen-bond acceptors (Lipinski definition) is 4. The van der Waals surface area contributed by atoms with Crippen molar-refractivity contribution in [3.05, 3.63) is 23.3 Å². The first kappa shape index (κ1) is 15.3. The lowest BCUT2D eigenvalue weighted by atomic mass is 10.2. The Bertz CT molecular complexity index is 864. The number of rotatable bonds is 3. The molecule has 0 aliphatic heterocycles. The van der Waals surface area contributed by atoms with Crippen molar-refractivity contribution in [1.82, 2.24) is 29.3 Å². The predicted molar refractivity (Wildman–Crippen MR) is 87.3 cm³/mol. The Hall–Kier alpha value is -2.64. The molecule has 0 radical (unpaired) electrons. The number of carbonyl (C=O) groups is 1. The third-order valence-electron chi connectivity index (χ3n) is 4.24. The Morgan fingerprint density at radius 3 is 2.30 bits per heavy atom. The van der Waals surface area contributed by atoms with Crippen molar-refractivity contribution >= 4 is 22.6 Å². The summed E-state index contributed by atoms with van der Waals surface area (Å²) in [5.41, 5.74) is 5.08. The molecule has 0 aliphatic rings. The Kier molecular flexibility index (Phi) is 3.46. The summed E-state index contributed by atoms with van der Waals surface area (Å²) in [6.07, 6.45) is 1.85. The van der Waals surface area contributed by atoms with Crippen LogP contribution in [0.2, 0.25) is 0 Å². The summed E-state index contributed by atoms with van der Waals surface area (Å²) < 4.78 is 5.21. The molecule has 0 saturated heterocycles. The molecule has 3 aromatic rings. The molecule has 23 heavy (non-hydrogen) atoms. The van der Waals surface area contributed by atoms with Gasteiger partial charge in [0.1, 0.15) is 17.1 Å². The van der Waals surface area contributed by atoms with Crippen LogP contribution in [0.25, 0.3) is 11.0 Å². The number of hydrogen-bond donors (Lipinski definition) is 1. The molecular weight excluding hydrogens is 294 g/mol. The lowest BCUT2D eigenvalue weighted by Gasteiger charge is -2.13. The minimum atomic E-state index is -0.430. The summed E-state index contributed by atoms with van der Waals surface area (Å²) in [6.45, 7) is 7.54. The first-order valence-corrected chi connectivity index (χ1v) is 7.49. The summed E-state index contributed by atoms with van der Waals surface area (Å²) in [6, 6.07) is -0.430. The maximum atomic E-state index is 12.6. The first-order chi connectivity index (χ1) is 10.8. The third-order valence-corrected chi connectivity index (χ3v) is 4.24. The number of carbonyl (C=O) groups excluding carboxylic acids is 1. The molecule has 8 nitrogen and oxygen atoms in total. The van der Waals surface area contributed by atoms with Gasteiger partial charge in [-0.25, -0.2) is 0 Å². The number of fused-ring (bicyclic) bond motifs is 1. The fourth-order valence-corrected chi connectivity index (χ4v) is 2.70. The fourth-order valence-electron chi connectivity index (χ4n) is 2.70. The minimum absolute atomic E-state index is 0.123. The SMILES string of the molecule is Cc1nn(C)c(C)c1NC(=O)[C@H](C)n1cc2c(n1)c(C)nn2C. The van der Waals surface area contributed by atoms with Gasteiger partial charge in [0.2, 0.25) is 5.91 Å². The van der Waals surface area contributed by atoms with E-state index in [1.54, 1.807) is 14.0 Å². The highest BCUT2D eigenvalue weighted by atomic mass is 16.2. The van der Waals surface area contributed by atoms with E-state index in [0.717, 1.165) is 33.8 Å². The van der Waals surface area contributed by atoms with E-state index in [1.807, 2.05) is 48.0 Å². The van der Waals surface area contributed by atoms with Crippen LogP contribution in [-0.2, 0) is 18.9 Å². The largest absolute Gasteiger partial charge is 0.321 e. The summed E-state index contributed by atoms with van der Waals surface area (Å²) in [7, 11) is 3.73. The van der Waals surface area contributed by atoms with Crippen LogP contribution >= 0.6 is 0 Å². The van der Waals surface area contributed by atoms with Gasteiger partial charge in [0, 0.05) is 14.1 Å². The van der Waals surface area contributed by atoms with Crippen LogP contribution < -0.4 is 5.32 Å². The maximum Gasteiger partial charge on any atom is 0.249 e. The highest BCUT2D eigenvalue weighted by molar-refractivity contribution is 5.94. The van der Waals surface area contributed by atoms with Crippen molar-refractivity contribution in [3.63, 3.8) is 0 Å². The monoisotopic (exact) mass is 315 g/mol. The topological polar surface area (TPSA) is 82.6 Å². The van der Waals surface area contributed by atoms with Crippen molar-refractivity contribution < 1.29 is 4.79 Å². The maximum absolute atomic E-state index is 12.6. The third kappa shape index (κ3) is 2.39. The van der Waals surface area contributed by atoms with E-state index in [4.69, 9.17) is 0 Å². The van der Waals surface area contributed by atoms with Gasteiger partial charge in [-0.1, -0.05) is 0 Å². The zero-order chi connectivity index (χ0) is 16.9. The molecule has 3 rings (SSSR count). The van der Waals surface area contributed by atoms with Crippen molar-refractivity contribution in [1.29, 1.82) is 0 Å². The normalized spacial score (nSPS) is 12.8. The summed E-state index contributed by atoms with van der Waals surface area (Å²) in [4.78, 5) is 12.6. The molecule has 0 aromatic carbocycles. The zero-order valence-corrected chi connectivity index (χ0v) is 14.2. The lowest BCUT2D eigenvalue weighted by Crippen LogP contribution is -2.24. The minimum Gasteiger partial charge on any atom is -0.321 e. The number of aryl methyl sites for hydroxylation is 4. The summed E-state index contributed by atoms with van der Waals surface area (Å²) in [5.74, 6) is -0.123. The van der Waals surface area contributed by atoms with E-state index in [1.165, 1.54) is 0 Å². The molecule has 1 amide bonds. The van der Waals surface area contributed by atoms with Crippen molar-refractivity contribution in [2.75, 3.05) is 5.32 Å². The number of anilines is 1. The van der Waals surface area contributed by atoms with E-state index >= 15 is 0 Å². The van der Waals surface area contributed by atoms with Crippen LogP contribution in [0.5, 0.6) is 0 Å². The van der Waals surface area contributed by atoms with E-state index in [9.17, 15) is 4.79 Å². The van der Waals surface area contributed by atoms with Gasteiger partial charge >= 0.3 is 0 Å². The second-order valence-corrected chi connectivity index (χ2v) is 5.89. The van der Waals surface area contributed by atoms with Gasteiger partial charge in [0.05, 0.1) is 29.0 Å². The fraction of sp³-hybridized carbons (Fsp3) is 0.467. The molecule has 3 heterocycles. The molecule has 1 N–H and O–H groups in total. The molecule has 0 unspecified atom stereocenters. The average molecular weight is 315 g/mol. The second-order valence-electron chi connectivity index (χ2n) is 5.89. The summed E-state index contributed by atoms with van der Waals surface area (Å²) >= 11 is 0. The molecule has 3 aromatic heterocycles. The van der Waals surface area contributed by atoms with Crippen LogP contribution in [0, 0.1) is 20.8 Å². The van der Waals surface area contributed by atoms with Gasteiger partial charge < -0.3 is 5.32 Å². The Balaban J connectivity index is 1.87. The van der Waals surface area contributed by atoms with Crippen LogP contribution in [0.3, 0.4) is 0 Å². The lowest BCUT2D eigenvalue weighted by molar-refractivity contribution is -0.119. The number of nitrogens with zero attached hydrogens (tertiary/aromatic N) is 6. The molecule has 0 saturated carbocycles. The highest BCUT2D eigenvalue weighted by Crippen LogP contribution is 2.22. The first-order valence-electron chi connectivity index (χ1n) is 7.49. The standard InChI is InChI=1S/C15H21N7O/c1-8-13(10(3)20(5)17-8)16-15(23)11(4)22-7-12-14(19-22)9(2)18-21(12)6/h7,11H,1-6H3,(H,16,23)/t11-/m0/s1. The number of aromatic nitrogens is 6. The quantitative estimate of drug-likeness (QED) is 0.796. The Morgan fingerprint density at radius 2 is 1.74 bits per heavy atom.